The number of hydrogen-bond donors (Lipinski definition) is 2. The van der Waals surface area contributed by atoms with Gasteiger partial charge in [0, 0.05) is 30.7 Å². The van der Waals surface area contributed by atoms with Crippen LogP contribution in [0.1, 0.15) is 12.0 Å². The van der Waals surface area contributed by atoms with E-state index in [1.807, 2.05) is 19.2 Å². The fourth-order valence-electron chi connectivity index (χ4n) is 2.19. The number of rotatable bonds is 6. The molecule has 1 aromatic carbocycles. The average Bonchev–Trinajstić information content (AvgIpc) is 2.65. The van der Waals surface area contributed by atoms with Gasteiger partial charge in [-0.05, 0) is 24.6 Å². The Morgan fingerprint density at radius 2 is 2.05 bits per heavy atom. The molecular weight excluding hydrogens is 262 g/mol. The first kappa shape index (κ1) is 14.0. The highest BCUT2D eigenvalue weighted by molar-refractivity contribution is 7.89. The van der Waals surface area contributed by atoms with Crippen molar-refractivity contribution in [3.8, 4) is 0 Å². The van der Waals surface area contributed by atoms with E-state index in [2.05, 4.69) is 28.2 Å². The van der Waals surface area contributed by atoms with Crippen LogP contribution in [0.4, 0.5) is 0 Å². The number of fused-ring (bicyclic) bond motifs is 1. The van der Waals surface area contributed by atoms with Crippen LogP contribution in [0.25, 0.3) is 10.9 Å². The largest absolute Gasteiger partial charge is 0.350 e. The Morgan fingerprint density at radius 3 is 2.79 bits per heavy atom. The number of benzene rings is 1. The highest BCUT2D eigenvalue weighted by Crippen LogP contribution is 2.19. The van der Waals surface area contributed by atoms with Crippen LogP contribution in [-0.2, 0) is 23.6 Å². The Kier molecular flexibility index (Phi) is 4.24. The van der Waals surface area contributed by atoms with Crippen LogP contribution < -0.4 is 10.5 Å². The maximum absolute atomic E-state index is 10.8. The average molecular weight is 281 g/mol. The van der Waals surface area contributed by atoms with E-state index in [1.165, 1.54) is 16.5 Å². The summed E-state index contributed by atoms with van der Waals surface area (Å²) in [5.41, 5.74) is 2.41. The number of hydrogen-bond acceptors (Lipinski definition) is 3. The first-order chi connectivity index (χ1) is 8.97. The molecule has 0 atom stereocenters. The van der Waals surface area contributed by atoms with Crippen molar-refractivity contribution in [1.29, 1.82) is 0 Å². The molecule has 19 heavy (non-hydrogen) atoms. The third-order valence-corrected chi connectivity index (χ3v) is 3.94. The lowest BCUT2D eigenvalue weighted by Gasteiger charge is -2.03. The van der Waals surface area contributed by atoms with E-state index in [4.69, 9.17) is 5.14 Å². The van der Waals surface area contributed by atoms with Gasteiger partial charge in [0.1, 0.15) is 0 Å². The third kappa shape index (κ3) is 3.79. The maximum Gasteiger partial charge on any atom is 0.209 e. The number of primary sulfonamides is 1. The van der Waals surface area contributed by atoms with Crippen LogP contribution in [0, 0.1) is 0 Å². The van der Waals surface area contributed by atoms with Gasteiger partial charge in [0.15, 0.2) is 0 Å². The van der Waals surface area contributed by atoms with E-state index in [9.17, 15) is 8.42 Å². The lowest BCUT2D eigenvalue weighted by Crippen LogP contribution is -2.21. The second-order valence-corrected chi connectivity index (χ2v) is 6.41. The summed E-state index contributed by atoms with van der Waals surface area (Å²) in [6.07, 6.45) is 2.63. The first-order valence-electron chi connectivity index (χ1n) is 6.21. The Morgan fingerprint density at radius 1 is 1.32 bits per heavy atom. The van der Waals surface area contributed by atoms with Crippen molar-refractivity contribution in [2.24, 2.45) is 12.2 Å². The molecular formula is C13H19N3O2S. The minimum Gasteiger partial charge on any atom is -0.350 e. The van der Waals surface area contributed by atoms with Gasteiger partial charge in [0.05, 0.1) is 5.75 Å². The van der Waals surface area contributed by atoms with Gasteiger partial charge in [-0.3, -0.25) is 0 Å². The molecule has 0 unspecified atom stereocenters. The number of aromatic nitrogens is 1. The minimum absolute atomic E-state index is 0.0234. The molecule has 0 bridgehead atoms. The molecule has 0 radical (unpaired) electrons. The number of sulfonamides is 1. The summed E-state index contributed by atoms with van der Waals surface area (Å²) >= 11 is 0. The maximum atomic E-state index is 10.8. The van der Waals surface area contributed by atoms with E-state index in [1.54, 1.807) is 0 Å². The van der Waals surface area contributed by atoms with Crippen LogP contribution in [0.3, 0.4) is 0 Å². The summed E-state index contributed by atoms with van der Waals surface area (Å²) < 4.78 is 23.7. The molecule has 2 rings (SSSR count). The van der Waals surface area contributed by atoms with Crippen molar-refractivity contribution >= 4 is 20.9 Å². The molecule has 0 spiro atoms. The number of nitrogens with one attached hydrogen (secondary N) is 1. The summed E-state index contributed by atoms with van der Waals surface area (Å²) in [5, 5.41) is 9.42. The summed E-state index contributed by atoms with van der Waals surface area (Å²) in [4.78, 5) is 0. The van der Waals surface area contributed by atoms with Gasteiger partial charge in [-0.2, -0.15) is 0 Å². The smallest absolute Gasteiger partial charge is 0.209 e. The van der Waals surface area contributed by atoms with Crippen LogP contribution in [0.2, 0.25) is 0 Å². The minimum atomic E-state index is -3.34. The fourth-order valence-corrected chi connectivity index (χ4v) is 2.73. The molecule has 0 aliphatic rings. The third-order valence-electron chi connectivity index (χ3n) is 3.08. The standard InChI is InChI=1S/C13H19N3O2S/c1-16-10-11(12-5-2-3-6-13(12)16)9-15-7-4-8-19(14,17)18/h2-3,5-6,10,15H,4,7-9H2,1H3,(H2,14,17,18). The van der Waals surface area contributed by atoms with E-state index in [0.717, 1.165) is 6.54 Å². The topological polar surface area (TPSA) is 77.1 Å². The zero-order valence-corrected chi connectivity index (χ0v) is 11.8. The Bertz CT molecular complexity index is 662. The molecule has 3 N–H and O–H groups in total. The fraction of sp³-hybridized carbons (Fsp3) is 0.385. The predicted octanol–water partition coefficient (Wildman–Crippen LogP) is 0.947. The second kappa shape index (κ2) is 5.73. The SMILES string of the molecule is Cn1cc(CNCCCS(N)(=O)=O)c2ccccc21. The molecule has 0 fully saturated rings. The first-order valence-corrected chi connectivity index (χ1v) is 7.93. The van der Waals surface area contributed by atoms with Gasteiger partial charge in [0.25, 0.3) is 0 Å². The highest BCUT2D eigenvalue weighted by atomic mass is 32.2. The van der Waals surface area contributed by atoms with Crippen LogP contribution in [-0.4, -0.2) is 25.3 Å². The molecule has 1 aromatic heterocycles. The highest BCUT2D eigenvalue weighted by Gasteiger charge is 2.05. The molecule has 0 aliphatic heterocycles. The molecule has 104 valence electrons. The lowest BCUT2D eigenvalue weighted by atomic mass is 10.2. The number of nitrogens with two attached hydrogens (primary N) is 1. The van der Waals surface area contributed by atoms with E-state index < -0.39 is 10.0 Å². The van der Waals surface area contributed by atoms with Crippen molar-refractivity contribution in [2.75, 3.05) is 12.3 Å². The van der Waals surface area contributed by atoms with Gasteiger partial charge in [-0.1, -0.05) is 18.2 Å². The summed E-state index contributed by atoms with van der Waals surface area (Å²) in [6.45, 7) is 1.37. The van der Waals surface area contributed by atoms with Crippen molar-refractivity contribution in [2.45, 2.75) is 13.0 Å². The normalized spacial score (nSPS) is 12.1. The number of para-hydroxylation sites is 1. The zero-order chi connectivity index (χ0) is 13.9. The predicted molar refractivity (Wildman–Crippen MR) is 77.2 cm³/mol. The monoisotopic (exact) mass is 281 g/mol. The van der Waals surface area contributed by atoms with Gasteiger partial charge < -0.3 is 9.88 Å². The molecule has 0 amide bonds. The summed E-state index contributed by atoms with van der Waals surface area (Å²) in [6, 6.07) is 8.22. The number of aryl methyl sites for hydroxylation is 1. The van der Waals surface area contributed by atoms with Crippen LogP contribution in [0.5, 0.6) is 0 Å². The van der Waals surface area contributed by atoms with Crippen molar-refractivity contribution < 1.29 is 8.42 Å². The Hall–Kier alpha value is -1.37. The van der Waals surface area contributed by atoms with E-state index in [-0.39, 0.29) is 5.75 Å². The van der Waals surface area contributed by atoms with Crippen molar-refractivity contribution in [1.82, 2.24) is 9.88 Å². The summed E-state index contributed by atoms with van der Waals surface area (Å²) in [7, 11) is -1.32. The van der Waals surface area contributed by atoms with E-state index >= 15 is 0 Å². The van der Waals surface area contributed by atoms with Gasteiger partial charge >= 0.3 is 0 Å². The molecule has 5 nitrogen and oxygen atoms in total. The molecule has 6 heteroatoms. The quantitative estimate of drug-likeness (QED) is 0.774. The van der Waals surface area contributed by atoms with Crippen LogP contribution >= 0.6 is 0 Å². The van der Waals surface area contributed by atoms with E-state index in [0.29, 0.717) is 13.0 Å². The summed E-state index contributed by atoms with van der Waals surface area (Å²) in [5.74, 6) is 0.0234. The zero-order valence-electron chi connectivity index (χ0n) is 11.0. The van der Waals surface area contributed by atoms with Crippen molar-refractivity contribution in [3.63, 3.8) is 0 Å². The lowest BCUT2D eigenvalue weighted by molar-refractivity contribution is 0.590. The molecule has 0 saturated carbocycles. The Labute approximate surface area is 113 Å². The van der Waals surface area contributed by atoms with Gasteiger partial charge in [-0.25, -0.2) is 13.6 Å². The van der Waals surface area contributed by atoms with Crippen molar-refractivity contribution in [3.05, 3.63) is 36.0 Å². The van der Waals surface area contributed by atoms with Gasteiger partial charge in [-0.15, -0.1) is 0 Å². The van der Waals surface area contributed by atoms with Crippen LogP contribution in [0.15, 0.2) is 30.5 Å². The van der Waals surface area contributed by atoms with Gasteiger partial charge in [0.2, 0.25) is 10.0 Å². The Balaban J connectivity index is 1.92. The number of nitrogens with zero attached hydrogens (tertiary/aromatic N) is 1. The molecule has 2 aromatic rings. The molecule has 0 aliphatic carbocycles. The molecule has 1 heterocycles. The molecule has 0 saturated heterocycles. The second-order valence-electron chi connectivity index (χ2n) is 4.68.